The molecule has 0 bridgehead atoms. The Kier molecular flexibility index (Phi) is 7.07. The minimum Gasteiger partial charge on any atom is -0.349 e. The van der Waals surface area contributed by atoms with Gasteiger partial charge in [0.15, 0.2) is 0 Å². The molecule has 4 rings (SSSR count). The molecule has 0 saturated heterocycles. The second kappa shape index (κ2) is 10.2. The van der Waals surface area contributed by atoms with Crippen LogP contribution in [0.15, 0.2) is 72.1 Å². The van der Waals surface area contributed by atoms with Crippen molar-refractivity contribution in [3.8, 4) is 0 Å². The van der Waals surface area contributed by atoms with Crippen LogP contribution in [0.3, 0.4) is 0 Å². The Hall–Kier alpha value is -3.52. The van der Waals surface area contributed by atoms with Crippen LogP contribution in [-0.4, -0.2) is 37.2 Å². The van der Waals surface area contributed by atoms with Crippen molar-refractivity contribution in [3.63, 3.8) is 0 Å². The molecule has 2 aromatic heterocycles. The molecule has 4 aromatic rings. The topological polar surface area (TPSA) is 80.1 Å². The van der Waals surface area contributed by atoms with Crippen molar-refractivity contribution in [3.05, 3.63) is 82.6 Å². The third kappa shape index (κ3) is 5.34. The number of para-hydroxylation sites is 1. The molecule has 0 unspecified atom stereocenters. The van der Waals surface area contributed by atoms with E-state index in [9.17, 15) is 9.59 Å². The van der Waals surface area contributed by atoms with Gasteiger partial charge in [-0.15, -0.1) is 16.4 Å². The molecular formula is C26H29N5O2S. The van der Waals surface area contributed by atoms with E-state index in [1.807, 2.05) is 92.9 Å². The van der Waals surface area contributed by atoms with Crippen LogP contribution in [-0.2, 0) is 22.7 Å². The molecule has 176 valence electrons. The normalized spacial score (nSPS) is 12.4. The summed E-state index contributed by atoms with van der Waals surface area (Å²) in [6.45, 7) is 6.31. The van der Waals surface area contributed by atoms with E-state index in [4.69, 9.17) is 0 Å². The molecule has 0 aliphatic carbocycles. The second-order valence-corrected chi connectivity index (χ2v) is 9.91. The summed E-state index contributed by atoms with van der Waals surface area (Å²) < 4.78 is 1.59. The standard InChI is InChI=1S/C26H29N5O2S/c1-4-26(2,3)27-25(33)24(19-11-6-5-7-12-19)30(17-20-13-10-16-34-20)23(32)18-31-22-15-9-8-14-21(22)28-29-31/h5-16,24H,4,17-18H2,1-3H3,(H,27,33)/t24-/m0/s1. The van der Waals surface area contributed by atoms with E-state index in [0.29, 0.717) is 6.54 Å². The number of benzene rings is 2. The van der Waals surface area contributed by atoms with Crippen molar-refractivity contribution in [1.29, 1.82) is 0 Å². The molecule has 2 heterocycles. The first-order valence-corrected chi connectivity index (χ1v) is 12.2. The Morgan fingerprint density at radius 2 is 1.79 bits per heavy atom. The Labute approximate surface area is 203 Å². The van der Waals surface area contributed by atoms with E-state index < -0.39 is 11.6 Å². The Morgan fingerprint density at radius 3 is 2.50 bits per heavy atom. The van der Waals surface area contributed by atoms with E-state index in [0.717, 1.165) is 27.9 Å². The molecule has 1 atom stereocenters. The SMILES string of the molecule is CCC(C)(C)NC(=O)[C@H](c1ccccc1)N(Cc1cccs1)C(=O)Cn1nnc2ccccc21. The van der Waals surface area contributed by atoms with Gasteiger partial charge >= 0.3 is 0 Å². The number of amides is 2. The van der Waals surface area contributed by atoms with E-state index in [1.165, 1.54) is 0 Å². The van der Waals surface area contributed by atoms with Crippen LogP contribution in [0.1, 0.15) is 43.7 Å². The maximum absolute atomic E-state index is 13.8. The molecule has 0 aliphatic heterocycles. The van der Waals surface area contributed by atoms with Gasteiger partial charge in [0.2, 0.25) is 11.8 Å². The molecule has 7 nitrogen and oxygen atoms in total. The van der Waals surface area contributed by atoms with Crippen molar-refractivity contribution in [1.82, 2.24) is 25.2 Å². The van der Waals surface area contributed by atoms with Crippen molar-refractivity contribution in [2.24, 2.45) is 0 Å². The van der Waals surface area contributed by atoms with E-state index in [-0.39, 0.29) is 18.4 Å². The van der Waals surface area contributed by atoms with Crippen LogP contribution in [0.2, 0.25) is 0 Å². The number of hydrogen-bond acceptors (Lipinski definition) is 5. The van der Waals surface area contributed by atoms with Crippen LogP contribution >= 0.6 is 11.3 Å². The minimum absolute atomic E-state index is 0.0142. The third-order valence-corrected chi connectivity index (χ3v) is 6.81. The molecule has 2 amide bonds. The number of aromatic nitrogens is 3. The lowest BCUT2D eigenvalue weighted by Crippen LogP contribution is -2.50. The summed E-state index contributed by atoms with van der Waals surface area (Å²) in [5.74, 6) is -0.409. The average molecular weight is 476 g/mol. The molecule has 0 fully saturated rings. The largest absolute Gasteiger partial charge is 0.349 e. The van der Waals surface area contributed by atoms with E-state index >= 15 is 0 Å². The predicted octanol–water partition coefficient (Wildman–Crippen LogP) is 4.57. The van der Waals surface area contributed by atoms with Gasteiger partial charge in [-0.3, -0.25) is 9.59 Å². The summed E-state index contributed by atoms with van der Waals surface area (Å²) in [4.78, 5) is 30.1. The molecule has 0 aliphatic rings. The van der Waals surface area contributed by atoms with Gasteiger partial charge in [-0.1, -0.05) is 60.7 Å². The maximum atomic E-state index is 13.8. The molecule has 34 heavy (non-hydrogen) atoms. The summed E-state index contributed by atoms with van der Waals surface area (Å²) in [5.41, 5.74) is 1.87. The molecule has 0 spiro atoms. The highest BCUT2D eigenvalue weighted by molar-refractivity contribution is 7.09. The van der Waals surface area contributed by atoms with Gasteiger partial charge in [-0.2, -0.15) is 0 Å². The summed E-state index contributed by atoms with van der Waals surface area (Å²) in [6.07, 6.45) is 0.768. The van der Waals surface area contributed by atoms with Gasteiger partial charge in [-0.05, 0) is 49.4 Å². The number of nitrogens with one attached hydrogen (secondary N) is 1. The summed E-state index contributed by atoms with van der Waals surface area (Å²) in [5, 5.41) is 13.5. The number of rotatable bonds is 9. The van der Waals surface area contributed by atoms with Gasteiger partial charge in [-0.25, -0.2) is 4.68 Å². The second-order valence-electron chi connectivity index (χ2n) is 8.88. The van der Waals surface area contributed by atoms with Gasteiger partial charge in [0.25, 0.3) is 0 Å². The average Bonchev–Trinajstić information content (AvgIpc) is 3.49. The van der Waals surface area contributed by atoms with Gasteiger partial charge in [0, 0.05) is 10.4 Å². The van der Waals surface area contributed by atoms with Gasteiger partial charge < -0.3 is 10.2 Å². The Balaban J connectivity index is 1.72. The molecule has 1 N–H and O–H groups in total. The number of hydrogen-bond donors (Lipinski definition) is 1. The number of nitrogens with zero attached hydrogens (tertiary/aromatic N) is 4. The molecule has 2 aromatic carbocycles. The lowest BCUT2D eigenvalue weighted by molar-refractivity contribution is -0.142. The first-order chi connectivity index (χ1) is 16.4. The minimum atomic E-state index is -0.781. The number of fused-ring (bicyclic) bond motifs is 1. The van der Waals surface area contributed by atoms with Crippen molar-refractivity contribution in [2.75, 3.05) is 0 Å². The first kappa shape index (κ1) is 23.6. The number of carbonyl (C=O) groups is 2. The van der Waals surface area contributed by atoms with Crippen LogP contribution in [0.5, 0.6) is 0 Å². The predicted molar refractivity (Wildman–Crippen MR) is 134 cm³/mol. The highest BCUT2D eigenvalue weighted by atomic mass is 32.1. The third-order valence-electron chi connectivity index (χ3n) is 5.95. The highest BCUT2D eigenvalue weighted by Gasteiger charge is 2.34. The zero-order chi connectivity index (χ0) is 24.1. The quantitative estimate of drug-likeness (QED) is 0.385. The number of carbonyl (C=O) groups excluding carboxylic acids is 2. The van der Waals surface area contributed by atoms with E-state index in [2.05, 4.69) is 15.6 Å². The monoisotopic (exact) mass is 475 g/mol. The number of thiophene rings is 1. The fraction of sp³-hybridized carbons (Fsp3) is 0.308. The van der Waals surface area contributed by atoms with Crippen LogP contribution in [0.4, 0.5) is 0 Å². The van der Waals surface area contributed by atoms with Crippen molar-refractivity contribution < 1.29 is 9.59 Å². The maximum Gasteiger partial charge on any atom is 0.247 e. The van der Waals surface area contributed by atoms with Crippen LogP contribution in [0, 0.1) is 0 Å². The van der Waals surface area contributed by atoms with Crippen LogP contribution in [0.25, 0.3) is 11.0 Å². The van der Waals surface area contributed by atoms with Crippen molar-refractivity contribution >= 4 is 34.2 Å². The lowest BCUT2D eigenvalue weighted by atomic mass is 9.98. The van der Waals surface area contributed by atoms with Gasteiger partial charge in [0.1, 0.15) is 18.1 Å². The fourth-order valence-corrected chi connectivity index (χ4v) is 4.45. The summed E-state index contributed by atoms with van der Waals surface area (Å²) in [7, 11) is 0. The summed E-state index contributed by atoms with van der Waals surface area (Å²) >= 11 is 1.56. The smallest absolute Gasteiger partial charge is 0.247 e. The lowest BCUT2D eigenvalue weighted by Gasteiger charge is -2.34. The summed E-state index contributed by atoms with van der Waals surface area (Å²) in [6, 6.07) is 20.1. The Bertz CT molecular complexity index is 1250. The van der Waals surface area contributed by atoms with Crippen molar-refractivity contribution in [2.45, 2.75) is 51.9 Å². The molecule has 8 heteroatoms. The first-order valence-electron chi connectivity index (χ1n) is 11.3. The Morgan fingerprint density at radius 1 is 1.06 bits per heavy atom. The zero-order valence-corrected chi connectivity index (χ0v) is 20.5. The van der Waals surface area contributed by atoms with Crippen LogP contribution < -0.4 is 5.32 Å². The van der Waals surface area contributed by atoms with Gasteiger partial charge in [0.05, 0.1) is 12.1 Å². The molecule has 0 saturated carbocycles. The highest BCUT2D eigenvalue weighted by Crippen LogP contribution is 2.27. The molecule has 0 radical (unpaired) electrons. The fourth-order valence-electron chi connectivity index (χ4n) is 3.75. The zero-order valence-electron chi connectivity index (χ0n) is 19.6. The molecular weight excluding hydrogens is 446 g/mol. The van der Waals surface area contributed by atoms with E-state index in [1.54, 1.807) is 20.9 Å².